The normalized spacial score (nSPS) is 11.3. The molecule has 0 aliphatic carbocycles. The summed E-state index contributed by atoms with van der Waals surface area (Å²) in [6, 6.07) is 0.914. The lowest BCUT2D eigenvalue weighted by atomic mass is 10.2. The highest BCUT2D eigenvalue weighted by molar-refractivity contribution is 7.92. The van der Waals surface area contributed by atoms with Gasteiger partial charge in [-0.3, -0.25) is 4.72 Å². The first-order chi connectivity index (χ1) is 9.26. The number of carboxylic acids is 1. The molecule has 2 N–H and O–H groups in total. The van der Waals surface area contributed by atoms with Crippen LogP contribution in [0.5, 0.6) is 0 Å². The molecule has 0 saturated carbocycles. The summed E-state index contributed by atoms with van der Waals surface area (Å²) in [4.78, 5) is 10.7. The lowest BCUT2D eigenvalue weighted by molar-refractivity contribution is 0.0692. The van der Waals surface area contributed by atoms with E-state index in [0.717, 1.165) is 0 Å². The monoisotopic (exact) mass is 309 g/mol. The summed E-state index contributed by atoms with van der Waals surface area (Å²) >= 11 is 0. The van der Waals surface area contributed by atoms with Crippen LogP contribution in [0.4, 0.5) is 14.5 Å². The largest absolute Gasteiger partial charge is 0.478 e. The Kier molecular flexibility index (Phi) is 5.40. The number of hydrogen-bond donors (Lipinski definition) is 2. The zero-order valence-electron chi connectivity index (χ0n) is 10.5. The minimum absolute atomic E-state index is 0.181. The molecule has 112 valence electrons. The Bertz CT molecular complexity index is 603. The molecule has 9 heteroatoms. The number of anilines is 1. The number of methoxy groups -OCH3 is 1. The van der Waals surface area contributed by atoms with Crippen LogP contribution in [0.2, 0.25) is 0 Å². The summed E-state index contributed by atoms with van der Waals surface area (Å²) in [5.41, 5.74) is -1.43. The van der Waals surface area contributed by atoms with Crippen LogP contribution in [0.1, 0.15) is 16.8 Å². The standard InChI is InChI=1S/C11H13F2NO5S/c1-19-3-2-4-20(17,18)14-10-5-7(11(15)16)8(12)6-9(10)13/h5-6,14H,2-4H2,1H3,(H,15,16). The Hall–Kier alpha value is -1.74. The van der Waals surface area contributed by atoms with Gasteiger partial charge >= 0.3 is 5.97 Å². The maximum atomic E-state index is 13.4. The predicted octanol–water partition coefficient (Wildman–Crippen LogP) is 1.44. The zero-order valence-corrected chi connectivity index (χ0v) is 11.3. The maximum Gasteiger partial charge on any atom is 0.338 e. The van der Waals surface area contributed by atoms with Crippen LogP contribution in [0.15, 0.2) is 12.1 Å². The van der Waals surface area contributed by atoms with E-state index in [9.17, 15) is 22.0 Å². The molecule has 0 saturated heterocycles. The van der Waals surface area contributed by atoms with Crippen molar-refractivity contribution in [2.24, 2.45) is 0 Å². The first-order valence-electron chi connectivity index (χ1n) is 5.48. The van der Waals surface area contributed by atoms with Crippen molar-refractivity contribution in [1.29, 1.82) is 0 Å². The molecule has 1 aromatic rings. The van der Waals surface area contributed by atoms with Gasteiger partial charge in [0.1, 0.15) is 11.6 Å². The van der Waals surface area contributed by atoms with E-state index in [1.807, 2.05) is 4.72 Å². The number of sulfonamides is 1. The molecule has 1 rings (SSSR count). The zero-order chi connectivity index (χ0) is 15.3. The number of ether oxygens (including phenoxy) is 1. The van der Waals surface area contributed by atoms with Gasteiger partial charge in [-0.25, -0.2) is 22.0 Å². The number of nitrogens with one attached hydrogen (secondary N) is 1. The summed E-state index contributed by atoms with van der Waals surface area (Å²) in [5.74, 6) is -4.43. The highest BCUT2D eigenvalue weighted by Gasteiger charge is 2.18. The molecule has 6 nitrogen and oxygen atoms in total. The van der Waals surface area contributed by atoms with Crippen LogP contribution in [0.25, 0.3) is 0 Å². The Balaban J connectivity index is 2.97. The molecule has 0 amide bonds. The third kappa shape index (κ3) is 4.42. The van der Waals surface area contributed by atoms with Crippen LogP contribution < -0.4 is 4.72 Å². The molecule has 0 radical (unpaired) electrons. The smallest absolute Gasteiger partial charge is 0.338 e. The highest BCUT2D eigenvalue weighted by Crippen LogP contribution is 2.21. The van der Waals surface area contributed by atoms with E-state index in [-0.39, 0.29) is 18.8 Å². The summed E-state index contributed by atoms with van der Waals surface area (Å²) < 4.78 is 56.4. The van der Waals surface area contributed by atoms with Gasteiger partial charge in [-0.1, -0.05) is 0 Å². The van der Waals surface area contributed by atoms with Crippen molar-refractivity contribution in [3.63, 3.8) is 0 Å². The number of carboxylic acid groups (broad SMARTS) is 1. The fraction of sp³-hybridized carbons (Fsp3) is 0.364. The van der Waals surface area contributed by atoms with Gasteiger partial charge in [-0.05, 0) is 12.5 Å². The van der Waals surface area contributed by atoms with Gasteiger partial charge in [0.25, 0.3) is 0 Å². The van der Waals surface area contributed by atoms with Gasteiger partial charge in [0.15, 0.2) is 0 Å². The van der Waals surface area contributed by atoms with Crippen molar-refractivity contribution < 1.29 is 31.8 Å². The topological polar surface area (TPSA) is 92.7 Å². The molecule has 0 aliphatic rings. The van der Waals surface area contributed by atoms with Gasteiger partial charge in [0, 0.05) is 19.8 Å². The summed E-state index contributed by atoms with van der Waals surface area (Å²) in [5, 5.41) is 8.70. The molecule has 0 spiro atoms. The van der Waals surface area contributed by atoms with Crippen molar-refractivity contribution in [2.45, 2.75) is 6.42 Å². The molecule has 0 fully saturated rings. The van der Waals surface area contributed by atoms with E-state index < -0.39 is 38.9 Å². The van der Waals surface area contributed by atoms with E-state index in [1.165, 1.54) is 7.11 Å². The van der Waals surface area contributed by atoms with E-state index in [1.54, 1.807) is 0 Å². The van der Waals surface area contributed by atoms with E-state index in [2.05, 4.69) is 4.74 Å². The minimum atomic E-state index is -3.87. The van der Waals surface area contributed by atoms with Gasteiger partial charge < -0.3 is 9.84 Å². The lowest BCUT2D eigenvalue weighted by Crippen LogP contribution is -2.19. The second kappa shape index (κ2) is 6.62. The van der Waals surface area contributed by atoms with Crippen molar-refractivity contribution in [3.8, 4) is 0 Å². The number of carbonyl (C=O) groups is 1. The first kappa shape index (κ1) is 16.3. The molecule has 0 atom stereocenters. The molecular weight excluding hydrogens is 296 g/mol. The molecule has 0 bridgehead atoms. The SMILES string of the molecule is COCCCS(=O)(=O)Nc1cc(C(=O)O)c(F)cc1F. The molecule has 20 heavy (non-hydrogen) atoms. The fourth-order valence-electron chi connectivity index (χ4n) is 1.40. The second-order valence-electron chi connectivity index (χ2n) is 3.88. The third-order valence-corrected chi connectivity index (χ3v) is 3.67. The number of benzene rings is 1. The molecule has 1 aromatic carbocycles. The highest BCUT2D eigenvalue weighted by atomic mass is 32.2. The van der Waals surface area contributed by atoms with E-state index in [0.29, 0.717) is 12.1 Å². The quantitative estimate of drug-likeness (QED) is 0.744. The Morgan fingerprint density at radius 3 is 2.55 bits per heavy atom. The molecule has 0 unspecified atom stereocenters. The van der Waals surface area contributed by atoms with Crippen molar-refractivity contribution in [3.05, 3.63) is 29.3 Å². The number of hydrogen-bond acceptors (Lipinski definition) is 4. The molecule has 0 heterocycles. The molecule has 0 aliphatic heterocycles. The van der Waals surface area contributed by atoms with Crippen molar-refractivity contribution >= 4 is 21.7 Å². The molecular formula is C11H13F2NO5S. The van der Waals surface area contributed by atoms with Gasteiger partial charge in [0.2, 0.25) is 10.0 Å². The van der Waals surface area contributed by atoms with Crippen LogP contribution in [0.3, 0.4) is 0 Å². The number of halogens is 2. The maximum absolute atomic E-state index is 13.4. The van der Waals surface area contributed by atoms with E-state index in [4.69, 9.17) is 5.11 Å². The first-order valence-corrected chi connectivity index (χ1v) is 7.14. The van der Waals surface area contributed by atoms with Crippen LogP contribution >= 0.6 is 0 Å². The average Bonchev–Trinajstić information content (AvgIpc) is 2.32. The lowest BCUT2D eigenvalue weighted by Gasteiger charge is -2.10. The summed E-state index contributed by atoms with van der Waals surface area (Å²) in [6.45, 7) is 0.202. The molecule has 0 aromatic heterocycles. The summed E-state index contributed by atoms with van der Waals surface area (Å²) in [6.07, 6.45) is 0.181. The van der Waals surface area contributed by atoms with E-state index >= 15 is 0 Å². The Labute approximate surface area is 114 Å². The van der Waals surface area contributed by atoms with Crippen LogP contribution in [-0.2, 0) is 14.8 Å². The number of aromatic carboxylic acids is 1. The Morgan fingerprint density at radius 2 is 2.00 bits per heavy atom. The Morgan fingerprint density at radius 1 is 1.35 bits per heavy atom. The summed E-state index contributed by atoms with van der Waals surface area (Å²) in [7, 11) is -2.47. The minimum Gasteiger partial charge on any atom is -0.478 e. The van der Waals surface area contributed by atoms with Crippen molar-refractivity contribution in [2.75, 3.05) is 24.2 Å². The predicted molar refractivity (Wildman–Crippen MR) is 67.2 cm³/mol. The van der Waals surface area contributed by atoms with Gasteiger partial charge in [-0.2, -0.15) is 0 Å². The number of rotatable bonds is 7. The fourth-order valence-corrected chi connectivity index (χ4v) is 2.49. The van der Waals surface area contributed by atoms with Crippen LogP contribution in [-0.4, -0.2) is 39.0 Å². The van der Waals surface area contributed by atoms with Crippen molar-refractivity contribution in [1.82, 2.24) is 0 Å². The van der Waals surface area contributed by atoms with Gasteiger partial charge in [0.05, 0.1) is 17.0 Å². The van der Waals surface area contributed by atoms with Crippen LogP contribution in [0, 0.1) is 11.6 Å². The van der Waals surface area contributed by atoms with Gasteiger partial charge in [-0.15, -0.1) is 0 Å². The second-order valence-corrected chi connectivity index (χ2v) is 5.73. The third-order valence-electron chi connectivity index (χ3n) is 2.31. The average molecular weight is 309 g/mol.